The minimum absolute atomic E-state index is 0.385. The van der Waals surface area contributed by atoms with Crippen molar-refractivity contribution in [3.8, 4) is 0 Å². The van der Waals surface area contributed by atoms with Gasteiger partial charge >= 0.3 is 0 Å². The number of hydrogen-bond donors (Lipinski definition) is 1. The highest BCUT2D eigenvalue weighted by molar-refractivity contribution is 5.05. The van der Waals surface area contributed by atoms with Crippen molar-refractivity contribution in [3.63, 3.8) is 0 Å². The maximum atomic E-state index is 4.25. The first-order chi connectivity index (χ1) is 8.68. The summed E-state index contributed by atoms with van der Waals surface area (Å²) in [6, 6.07) is 3.10. The molecular weight excluding hydrogens is 222 g/mol. The monoisotopic (exact) mass is 249 g/mol. The minimum Gasteiger partial charge on any atom is -0.306 e. The maximum Gasteiger partial charge on any atom is 0.0547 e. The van der Waals surface area contributed by atoms with Crippen LogP contribution in [0.5, 0.6) is 0 Å². The lowest BCUT2D eigenvalue weighted by molar-refractivity contribution is 0.312. The van der Waals surface area contributed by atoms with Crippen molar-refractivity contribution in [1.82, 2.24) is 15.1 Å². The van der Waals surface area contributed by atoms with E-state index in [9.17, 15) is 0 Å². The number of aromatic nitrogens is 2. The van der Waals surface area contributed by atoms with E-state index in [-0.39, 0.29) is 0 Å². The van der Waals surface area contributed by atoms with Crippen LogP contribution in [0, 0.1) is 5.92 Å². The van der Waals surface area contributed by atoms with E-state index in [2.05, 4.69) is 30.3 Å². The first-order valence-corrected chi connectivity index (χ1v) is 7.42. The Hall–Kier alpha value is -0.830. The van der Waals surface area contributed by atoms with Gasteiger partial charge in [-0.2, -0.15) is 5.10 Å². The molecule has 102 valence electrons. The number of nitrogens with one attached hydrogen (secondary N) is 1. The molecule has 1 aromatic heterocycles. The molecule has 0 amide bonds. The summed E-state index contributed by atoms with van der Waals surface area (Å²) in [5.74, 6) is 0.850. The second-order valence-corrected chi connectivity index (χ2v) is 5.81. The molecule has 3 nitrogen and oxygen atoms in total. The third kappa shape index (κ3) is 3.35. The van der Waals surface area contributed by atoms with Gasteiger partial charge in [0.25, 0.3) is 0 Å². The van der Waals surface area contributed by atoms with E-state index >= 15 is 0 Å². The lowest BCUT2D eigenvalue weighted by Crippen LogP contribution is -2.36. The fourth-order valence-corrected chi connectivity index (χ4v) is 3.24. The average Bonchev–Trinajstić information content (AvgIpc) is 2.63. The summed E-state index contributed by atoms with van der Waals surface area (Å²) in [5.41, 5.74) is 1.27. The van der Waals surface area contributed by atoms with Crippen molar-refractivity contribution in [2.24, 2.45) is 13.0 Å². The van der Waals surface area contributed by atoms with Crippen LogP contribution >= 0.6 is 0 Å². The summed E-state index contributed by atoms with van der Waals surface area (Å²) in [6.45, 7) is 4.59. The molecule has 0 radical (unpaired) electrons. The largest absolute Gasteiger partial charge is 0.306 e. The standard InChI is InChI=1S/C15H27N3/c1-12(14-8-6-4-5-7-9-14)17-13(2)15-10-11-16-18(15)3/h10-14,17H,4-9H2,1-3H3/t12-,13?/m0/s1. The van der Waals surface area contributed by atoms with Crippen LogP contribution in [0.1, 0.15) is 64.1 Å². The van der Waals surface area contributed by atoms with Gasteiger partial charge in [0, 0.05) is 25.3 Å². The zero-order valence-electron chi connectivity index (χ0n) is 12.0. The molecular formula is C15H27N3. The molecule has 1 unspecified atom stereocenters. The first-order valence-electron chi connectivity index (χ1n) is 7.42. The molecule has 1 fully saturated rings. The van der Waals surface area contributed by atoms with Crippen LogP contribution in [0.2, 0.25) is 0 Å². The molecule has 3 heteroatoms. The van der Waals surface area contributed by atoms with E-state index in [1.54, 1.807) is 0 Å². The van der Waals surface area contributed by atoms with Gasteiger partial charge in [0.2, 0.25) is 0 Å². The van der Waals surface area contributed by atoms with Crippen molar-refractivity contribution >= 4 is 0 Å². The predicted molar refractivity (Wildman–Crippen MR) is 75.4 cm³/mol. The van der Waals surface area contributed by atoms with Gasteiger partial charge in [-0.05, 0) is 38.7 Å². The highest BCUT2D eigenvalue weighted by Crippen LogP contribution is 2.26. The third-order valence-electron chi connectivity index (χ3n) is 4.42. The molecule has 0 spiro atoms. The Balaban J connectivity index is 1.90. The quantitative estimate of drug-likeness (QED) is 0.829. The topological polar surface area (TPSA) is 29.9 Å². The van der Waals surface area contributed by atoms with Crippen LogP contribution in [0.15, 0.2) is 12.3 Å². The fraction of sp³-hybridized carbons (Fsp3) is 0.800. The first kappa shape index (κ1) is 13.6. The second kappa shape index (κ2) is 6.37. The molecule has 0 aliphatic heterocycles. The second-order valence-electron chi connectivity index (χ2n) is 5.81. The van der Waals surface area contributed by atoms with Crippen molar-refractivity contribution < 1.29 is 0 Å². The Morgan fingerprint density at radius 3 is 2.44 bits per heavy atom. The van der Waals surface area contributed by atoms with Crippen molar-refractivity contribution in [1.29, 1.82) is 0 Å². The third-order valence-corrected chi connectivity index (χ3v) is 4.42. The van der Waals surface area contributed by atoms with E-state index < -0.39 is 0 Å². The lowest BCUT2D eigenvalue weighted by Gasteiger charge is -2.27. The number of hydrogen-bond acceptors (Lipinski definition) is 2. The summed E-state index contributed by atoms with van der Waals surface area (Å²) in [5, 5.41) is 8.01. The molecule has 18 heavy (non-hydrogen) atoms. The Kier molecular flexibility index (Phi) is 4.81. The zero-order chi connectivity index (χ0) is 13.0. The van der Waals surface area contributed by atoms with Gasteiger partial charge in [0.1, 0.15) is 0 Å². The van der Waals surface area contributed by atoms with Crippen LogP contribution < -0.4 is 5.32 Å². The Morgan fingerprint density at radius 1 is 1.22 bits per heavy atom. The minimum atomic E-state index is 0.385. The van der Waals surface area contributed by atoms with Gasteiger partial charge in [-0.3, -0.25) is 4.68 Å². The van der Waals surface area contributed by atoms with E-state index in [4.69, 9.17) is 0 Å². The summed E-state index contributed by atoms with van der Waals surface area (Å²) in [7, 11) is 2.02. The lowest BCUT2D eigenvalue weighted by atomic mass is 9.92. The molecule has 1 aromatic rings. The molecule has 0 saturated heterocycles. The summed E-state index contributed by atoms with van der Waals surface area (Å²) < 4.78 is 1.97. The predicted octanol–water partition coefficient (Wildman–Crippen LogP) is 3.43. The summed E-state index contributed by atoms with van der Waals surface area (Å²) in [6.07, 6.45) is 10.4. The Bertz CT molecular complexity index is 350. The highest BCUT2D eigenvalue weighted by Gasteiger charge is 2.21. The summed E-state index contributed by atoms with van der Waals surface area (Å²) in [4.78, 5) is 0. The van der Waals surface area contributed by atoms with E-state index in [0.29, 0.717) is 12.1 Å². The molecule has 1 heterocycles. The van der Waals surface area contributed by atoms with Crippen molar-refractivity contribution in [2.45, 2.75) is 64.5 Å². The van der Waals surface area contributed by atoms with Gasteiger partial charge in [-0.1, -0.05) is 25.7 Å². The molecule has 2 rings (SSSR count). The molecule has 0 aromatic carbocycles. The van der Waals surface area contributed by atoms with Crippen LogP contribution in [0.4, 0.5) is 0 Å². The van der Waals surface area contributed by atoms with Gasteiger partial charge in [-0.25, -0.2) is 0 Å². The van der Waals surface area contributed by atoms with E-state index in [1.807, 2.05) is 17.9 Å². The SMILES string of the molecule is CC(N[C@@H](C)C1CCCCCC1)c1ccnn1C. The van der Waals surface area contributed by atoms with E-state index in [1.165, 1.54) is 44.2 Å². The molecule has 1 saturated carbocycles. The fourth-order valence-electron chi connectivity index (χ4n) is 3.24. The Morgan fingerprint density at radius 2 is 1.89 bits per heavy atom. The molecule has 1 aliphatic rings. The van der Waals surface area contributed by atoms with Crippen LogP contribution in [0.3, 0.4) is 0 Å². The van der Waals surface area contributed by atoms with Crippen LogP contribution in [-0.2, 0) is 7.05 Å². The van der Waals surface area contributed by atoms with Gasteiger partial charge < -0.3 is 5.32 Å². The van der Waals surface area contributed by atoms with Gasteiger partial charge in [-0.15, -0.1) is 0 Å². The summed E-state index contributed by atoms with van der Waals surface area (Å²) >= 11 is 0. The average molecular weight is 249 g/mol. The maximum absolute atomic E-state index is 4.25. The number of nitrogens with zero attached hydrogens (tertiary/aromatic N) is 2. The highest BCUT2D eigenvalue weighted by atomic mass is 15.3. The van der Waals surface area contributed by atoms with Gasteiger partial charge in [0.05, 0.1) is 5.69 Å². The van der Waals surface area contributed by atoms with Crippen molar-refractivity contribution in [2.75, 3.05) is 0 Å². The molecule has 1 N–H and O–H groups in total. The molecule has 2 atom stereocenters. The normalized spacial score (nSPS) is 21.5. The number of rotatable bonds is 4. The Labute approximate surface area is 111 Å². The molecule has 0 bridgehead atoms. The zero-order valence-corrected chi connectivity index (χ0v) is 12.0. The van der Waals surface area contributed by atoms with E-state index in [0.717, 1.165) is 5.92 Å². The van der Waals surface area contributed by atoms with Crippen LogP contribution in [-0.4, -0.2) is 15.8 Å². The van der Waals surface area contributed by atoms with Crippen LogP contribution in [0.25, 0.3) is 0 Å². The molecule has 1 aliphatic carbocycles. The smallest absolute Gasteiger partial charge is 0.0547 e. The number of aryl methyl sites for hydroxylation is 1. The van der Waals surface area contributed by atoms with Crippen molar-refractivity contribution in [3.05, 3.63) is 18.0 Å². The van der Waals surface area contributed by atoms with Gasteiger partial charge in [0.15, 0.2) is 0 Å².